The van der Waals surface area contributed by atoms with Crippen LogP contribution in [-0.2, 0) is 4.74 Å². The highest BCUT2D eigenvalue weighted by Crippen LogP contribution is 2.27. The Morgan fingerprint density at radius 1 is 1.35 bits per heavy atom. The molecule has 0 radical (unpaired) electrons. The van der Waals surface area contributed by atoms with Crippen LogP contribution in [0.15, 0.2) is 24.4 Å². The fourth-order valence-electron chi connectivity index (χ4n) is 2.30. The lowest BCUT2D eigenvalue weighted by Crippen LogP contribution is -2.33. The molecule has 0 amide bonds. The van der Waals surface area contributed by atoms with Gasteiger partial charge < -0.3 is 9.64 Å². The van der Waals surface area contributed by atoms with Gasteiger partial charge in [-0.25, -0.2) is 0 Å². The molecule has 6 heteroatoms. The molecule has 3 rings (SSSR count). The molecule has 1 saturated heterocycles. The van der Waals surface area contributed by atoms with E-state index in [1.165, 1.54) is 12.8 Å². The van der Waals surface area contributed by atoms with Crippen LogP contribution in [0.4, 0.5) is 5.13 Å². The molecule has 0 N–H and O–H groups in total. The number of likely N-dealkylation sites (N-methyl/N-ethyl adjacent to an activating group) is 1. The second-order valence-corrected chi connectivity index (χ2v) is 5.93. The van der Waals surface area contributed by atoms with E-state index >= 15 is 0 Å². The van der Waals surface area contributed by atoms with Gasteiger partial charge in [0.15, 0.2) is 5.01 Å². The summed E-state index contributed by atoms with van der Waals surface area (Å²) in [7, 11) is 2.04. The summed E-state index contributed by atoms with van der Waals surface area (Å²) in [6, 6.07) is 5.81. The quantitative estimate of drug-likeness (QED) is 0.866. The topological polar surface area (TPSA) is 51.1 Å². The first-order valence-electron chi connectivity index (χ1n) is 6.90. The summed E-state index contributed by atoms with van der Waals surface area (Å²) in [5.74, 6) is 0. The monoisotopic (exact) mass is 290 g/mol. The Hall–Kier alpha value is -1.53. The summed E-state index contributed by atoms with van der Waals surface area (Å²) in [6.45, 7) is 1.75. The zero-order valence-corrected chi connectivity index (χ0v) is 12.3. The fraction of sp³-hybridized carbons (Fsp3) is 0.500. The summed E-state index contributed by atoms with van der Waals surface area (Å²) in [4.78, 5) is 6.43. The molecule has 3 heterocycles. The van der Waals surface area contributed by atoms with Gasteiger partial charge in [0.1, 0.15) is 5.69 Å². The summed E-state index contributed by atoms with van der Waals surface area (Å²) in [6.07, 6.45) is 5.67. The van der Waals surface area contributed by atoms with Gasteiger partial charge >= 0.3 is 0 Å². The van der Waals surface area contributed by atoms with Gasteiger partial charge in [0, 0.05) is 26.4 Å². The van der Waals surface area contributed by atoms with Gasteiger partial charge in [0.25, 0.3) is 0 Å². The predicted molar refractivity (Wildman–Crippen MR) is 80.0 cm³/mol. The molecule has 20 heavy (non-hydrogen) atoms. The van der Waals surface area contributed by atoms with Crippen LogP contribution in [0.25, 0.3) is 10.7 Å². The molecule has 0 aromatic carbocycles. The van der Waals surface area contributed by atoms with Gasteiger partial charge in [-0.1, -0.05) is 17.4 Å². The van der Waals surface area contributed by atoms with Gasteiger partial charge in [-0.3, -0.25) is 4.98 Å². The molecule has 0 saturated carbocycles. The third-order valence-electron chi connectivity index (χ3n) is 3.38. The molecule has 1 fully saturated rings. The van der Waals surface area contributed by atoms with Crippen LogP contribution >= 0.6 is 11.3 Å². The van der Waals surface area contributed by atoms with Crippen molar-refractivity contribution in [2.75, 3.05) is 25.1 Å². The average molecular weight is 290 g/mol. The summed E-state index contributed by atoms with van der Waals surface area (Å²) in [5, 5.41) is 10.3. The second kappa shape index (κ2) is 6.28. The van der Waals surface area contributed by atoms with Crippen LogP contribution < -0.4 is 4.90 Å². The van der Waals surface area contributed by atoms with Crippen molar-refractivity contribution in [3.05, 3.63) is 24.4 Å². The molecule has 0 spiro atoms. The van der Waals surface area contributed by atoms with E-state index in [4.69, 9.17) is 4.74 Å². The van der Waals surface area contributed by atoms with Crippen LogP contribution in [0, 0.1) is 0 Å². The van der Waals surface area contributed by atoms with Crippen LogP contribution in [0.2, 0.25) is 0 Å². The molecule has 2 aromatic rings. The zero-order valence-electron chi connectivity index (χ0n) is 11.5. The maximum absolute atomic E-state index is 5.76. The number of rotatable bonds is 4. The minimum atomic E-state index is 0.316. The minimum Gasteiger partial charge on any atom is -0.376 e. The van der Waals surface area contributed by atoms with E-state index in [9.17, 15) is 0 Å². The molecule has 106 valence electrons. The number of anilines is 1. The number of pyridine rings is 1. The van der Waals surface area contributed by atoms with E-state index in [-0.39, 0.29) is 0 Å². The Morgan fingerprint density at radius 2 is 2.30 bits per heavy atom. The van der Waals surface area contributed by atoms with E-state index < -0.39 is 0 Å². The highest BCUT2D eigenvalue weighted by molar-refractivity contribution is 7.18. The number of hydrogen-bond donors (Lipinski definition) is 0. The summed E-state index contributed by atoms with van der Waals surface area (Å²) in [5.41, 5.74) is 0.874. The molecular formula is C14H18N4OS. The third-order valence-corrected chi connectivity index (χ3v) is 4.44. The Kier molecular flexibility index (Phi) is 4.22. The van der Waals surface area contributed by atoms with Crippen LogP contribution in [0.1, 0.15) is 19.3 Å². The molecule has 5 nitrogen and oxygen atoms in total. The summed E-state index contributed by atoms with van der Waals surface area (Å²) < 4.78 is 5.76. The van der Waals surface area contributed by atoms with Crippen molar-refractivity contribution in [2.45, 2.75) is 25.4 Å². The molecule has 1 aliphatic heterocycles. The van der Waals surface area contributed by atoms with Gasteiger partial charge in [0.05, 0.1) is 6.10 Å². The first-order chi connectivity index (χ1) is 9.83. The predicted octanol–water partition coefficient (Wildman–Crippen LogP) is 2.61. The Labute approximate surface area is 122 Å². The van der Waals surface area contributed by atoms with Crippen molar-refractivity contribution in [3.8, 4) is 10.7 Å². The number of aromatic nitrogens is 3. The highest BCUT2D eigenvalue weighted by Gasteiger charge is 2.18. The first kappa shape index (κ1) is 13.5. The van der Waals surface area contributed by atoms with Crippen LogP contribution in [0.5, 0.6) is 0 Å². The van der Waals surface area contributed by atoms with E-state index in [1.54, 1.807) is 17.5 Å². The lowest BCUT2D eigenvalue weighted by molar-refractivity contribution is 0.0216. The van der Waals surface area contributed by atoms with Gasteiger partial charge in [-0.05, 0) is 31.4 Å². The van der Waals surface area contributed by atoms with Gasteiger partial charge in [-0.15, -0.1) is 10.2 Å². The standard InChI is InChI=1S/C14H18N4OS/c1-18(10-11-6-3-5-9-19-11)14-17-16-13(20-14)12-7-2-4-8-15-12/h2,4,7-8,11H,3,5-6,9-10H2,1H3. The zero-order chi connectivity index (χ0) is 13.8. The van der Waals surface area contributed by atoms with Gasteiger partial charge in [0.2, 0.25) is 5.13 Å². The lowest BCUT2D eigenvalue weighted by Gasteiger charge is -2.26. The fourth-order valence-corrected chi connectivity index (χ4v) is 3.09. The van der Waals surface area contributed by atoms with E-state index in [0.29, 0.717) is 6.10 Å². The molecular weight excluding hydrogens is 272 g/mol. The molecule has 1 aliphatic rings. The van der Waals surface area contributed by atoms with Crippen molar-refractivity contribution in [1.82, 2.24) is 15.2 Å². The smallest absolute Gasteiger partial charge is 0.208 e. The number of nitrogens with zero attached hydrogens (tertiary/aromatic N) is 4. The van der Waals surface area contributed by atoms with Crippen molar-refractivity contribution >= 4 is 16.5 Å². The molecule has 2 aromatic heterocycles. The maximum Gasteiger partial charge on any atom is 0.208 e. The van der Waals surface area contributed by atoms with Crippen LogP contribution in [-0.4, -0.2) is 41.5 Å². The SMILES string of the molecule is CN(CC1CCCCO1)c1nnc(-c2ccccn2)s1. The van der Waals surface area contributed by atoms with Crippen LogP contribution in [0.3, 0.4) is 0 Å². The second-order valence-electron chi connectivity index (χ2n) is 4.97. The number of hydrogen-bond acceptors (Lipinski definition) is 6. The minimum absolute atomic E-state index is 0.316. The molecule has 1 unspecified atom stereocenters. The van der Waals surface area contributed by atoms with Crippen molar-refractivity contribution < 1.29 is 4.74 Å². The average Bonchev–Trinajstić information content (AvgIpc) is 2.99. The number of ether oxygens (including phenoxy) is 1. The third kappa shape index (κ3) is 3.13. The Balaban J connectivity index is 1.66. The largest absolute Gasteiger partial charge is 0.376 e. The van der Waals surface area contributed by atoms with E-state index in [1.807, 2.05) is 25.2 Å². The van der Waals surface area contributed by atoms with E-state index in [2.05, 4.69) is 20.1 Å². The lowest BCUT2D eigenvalue weighted by atomic mass is 10.1. The van der Waals surface area contributed by atoms with Gasteiger partial charge in [-0.2, -0.15) is 0 Å². The summed E-state index contributed by atoms with van der Waals surface area (Å²) >= 11 is 1.57. The van der Waals surface area contributed by atoms with Crippen molar-refractivity contribution in [3.63, 3.8) is 0 Å². The molecule has 0 bridgehead atoms. The normalized spacial score (nSPS) is 18.9. The highest BCUT2D eigenvalue weighted by atomic mass is 32.1. The molecule has 1 atom stereocenters. The molecule has 0 aliphatic carbocycles. The first-order valence-corrected chi connectivity index (χ1v) is 7.72. The van der Waals surface area contributed by atoms with Crippen molar-refractivity contribution in [1.29, 1.82) is 0 Å². The maximum atomic E-state index is 5.76. The Morgan fingerprint density at radius 3 is 3.05 bits per heavy atom. The Bertz CT molecular complexity index is 539. The van der Waals surface area contributed by atoms with E-state index in [0.717, 1.165) is 35.4 Å². The van der Waals surface area contributed by atoms with Crippen molar-refractivity contribution in [2.24, 2.45) is 0 Å².